The van der Waals surface area contributed by atoms with Gasteiger partial charge in [-0.2, -0.15) is 13.8 Å². The first-order chi connectivity index (χ1) is 10.4. The van der Waals surface area contributed by atoms with Crippen LogP contribution in [0.25, 0.3) is 11.0 Å². The summed E-state index contributed by atoms with van der Waals surface area (Å²) in [6, 6.07) is 4.95. The molecule has 0 aliphatic carbocycles. The molecule has 0 fully saturated rings. The smallest absolute Gasteiger partial charge is 0.243 e. The number of rotatable bonds is 4. The van der Waals surface area contributed by atoms with E-state index in [-0.39, 0.29) is 11.4 Å². The Hall–Kier alpha value is -1.84. The Morgan fingerprint density at radius 1 is 1.27 bits per heavy atom. The van der Waals surface area contributed by atoms with Crippen LogP contribution in [0, 0.1) is 13.8 Å². The summed E-state index contributed by atoms with van der Waals surface area (Å²) in [5.41, 5.74) is 3.63. The lowest BCUT2D eigenvalue weighted by Gasteiger charge is -2.07. The first-order valence-corrected chi connectivity index (χ1v) is 8.81. The summed E-state index contributed by atoms with van der Waals surface area (Å²) in [4.78, 5) is 0.151. The minimum Gasteiger partial charge on any atom is -0.272 e. The van der Waals surface area contributed by atoms with Gasteiger partial charge in [0.1, 0.15) is 15.9 Å². The topological polar surface area (TPSA) is 89.8 Å². The number of nitrogens with zero attached hydrogens (tertiary/aromatic N) is 4. The second kappa shape index (κ2) is 5.41. The largest absolute Gasteiger partial charge is 0.272 e. The zero-order valence-corrected chi connectivity index (χ0v) is 14.0. The molecule has 2 aromatic heterocycles. The van der Waals surface area contributed by atoms with E-state index in [1.165, 1.54) is 6.07 Å². The van der Waals surface area contributed by atoms with Crippen LogP contribution in [0.4, 0.5) is 0 Å². The Morgan fingerprint density at radius 3 is 2.73 bits per heavy atom. The van der Waals surface area contributed by atoms with Crippen LogP contribution in [-0.4, -0.2) is 26.9 Å². The molecule has 0 atom stereocenters. The molecule has 7 nitrogen and oxygen atoms in total. The summed E-state index contributed by atoms with van der Waals surface area (Å²) in [5.74, 6) is 0. The SMILES string of the molecule is Cc1nn(C)c(C)c1CNS(=O)(=O)c1cccc2nsnc12. The summed E-state index contributed by atoms with van der Waals surface area (Å²) in [6.07, 6.45) is 0. The van der Waals surface area contributed by atoms with Crippen LogP contribution in [-0.2, 0) is 23.6 Å². The van der Waals surface area contributed by atoms with E-state index in [4.69, 9.17) is 0 Å². The zero-order valence-electron chi connectivity index (χ0n) is 12.4. The van der Waals surface area contributed by atoms with Crippen molar-refractivity contribution in [1.82, 2.24) is 23.2 Å². The molecule has 1 N–H and O–H groups in total. The Labute approximate surface area is 132 Å². The fourth-order valence-electron chi connectivity index (χ4n) is 2.32. The Bertz CT molecular complexity index is 943. The van der Waals surface area contributed by atoms with Gasteiger partial charge in [0.15, 0.2) is 0 Å². The van der Waals surface area contributed by atoms with Crippen molar-refractivity contribution in [3.05, 3.63) is 35.2 Å². The molecular formula is C13H15N5O2S2. The van der Waals surface area contributed by atoms with Crippen molar-refractivity contribution < 1.29 is 8.42 Å². The highest BCUT2D eigenvalue weighted by molar-refractivity contribution is 7.89. The molecule has 0 spiro atoms. The average molecular weight is 337 g/mol. The van der Waals surface area contributed by atoms with E-state index in [1.807, 2.05) is 20.9 Å². The molecule has 0 amide bonds. The van der Waals surface area contributed by atoms with Gasteiger partial charge in [0.25, 0.3) is 0 Å². The van der Waals surface area contributed by atoms with Crippen molar-refractivity contribution in [2.75, 3.05) is 0 Å². The van der Waals surface area contributed by atoms with Gasteiger partial charge in [0.05, 0.1) is 17.4 Å². The number of hydrogen-bond acceptors (Lipinski definition) is 6. The molecule has 3 aromatic rings. The predicted molar refractivity (Wildman–Crippen MR) is 84.1 cm³/mol. The third kappa shape index (κ3) is 2.51. The Balaban J connectivity index is 1.93. The standard InChI is InChI=1S/C13H15N5O2S2/c1-8-10(9(2)18(3)15-8)7-14-22(19,20)12-6-4-5-11-13(12)17-21-16-11/h4-6,14H,7H2,1-3H3. The van der Waals surface area contributed by atoms with Gasteiger partial charge in [-0.25, -0.2) is 13.1 Å². The number of benzene rings is 1. The molecule has 0 aliphatic rings. The van der Waals surface area contributed by atoms with Crippen LogP contribution >= 0.6 is 11.7 Å². The lowest BCUT2D eigenvalue weighted by molar-refractivity contribution is 0.582. The van der Waals surface area contributed by atoms with E-state index in [9.17, 15) is 8.42 Å². The number of aryl methyl sites for hydroxylation is 2. The molecule has 116 valence electrons. The van der Waals surface area contributed by atoms with Crippen molar-refractivity contribution >= 4 is 32.8 Å². The maximum absolute atomic E-state index is 12.5. The van der Waals surface area contributed by atoms with Gasteiger partial charge >= 0.3 is 0 Å². The van der Waals surface area contributed by atoms with E-state index in [1.54, 1.807) is 16.8 Å². The average Bonchev–Trinajstić information content (AvgIpc) is 3.03. The molecule has 0 unspecified atom stereocenters. The van der Waals surface area contributed by atoms with Gasteiger partial charge in [0, 0.05) is 24.8 Å². The summed E-state index contributed by atoms with van der Waals surface area (Å²) < 4.78 is 37.6. The second-order valence-corrected chi connectivity index (χ2v) is 7.25. The zero-order chi connectivity index (χ0) is 15.9. The van der Waals surface area contributed by atoms with E-state index < -0.39 is 10.0 Å². The lowest BCUT2D eigenvalue weighted by atomic mass is 10.2. The van der Waals surface area contributed by atoms with Crippen LogP contribution in [0.2, 0.25) is 0 Å². The Morgan fingerprint density at radius 2 is 2.05 bits per heavy atom. The van der Waals surface area contributed by atoms with Crippen LogP contribution in [0.5, 0.6) is 0 Å². The van der Waals surface area contributed by atoms with Gasteiger partial charge in [-0.05, 0) is 26.0 Å². The summed E-state index contributed by atoms with van der Waals surface area (Å²) in [7, 11) is -1.83. The van der Waals surface area contributed by atoms with Crippen LogP contribution < -0.4 is 4.72 Å². The fourth-order valence-corrected chi connectivity index (χ4v) is 4.08. The molecule has 0 saturated heterocycles. The van der Waals surface area contributed by atoms with Crippen molar-refractivity contribution in [3.8, 4) is 0 Å². The molecule has 22 heavy (non-hydrogen) atoms. The predicted octanol–water partition coefficient (Wildman–Crippen LogP) is 1.52. The van der Waals surface area contributed by atoms with E-state index >= 15 is 0 Å². The summed E-state index contributed by atoms with van der Waals surface area (Å²) >= 11 is 1.00. The van der Waals surface area contributed by atoms with Gasteiger partial charge in [-0.3, -0.25) is 4.68 Å². The molecule has 0 radical (unpaired) electrons. The number of sulfonamides is 1. The van der Waals surface area contributed by atoms with Crippen LogP contribution in [0.15, 0.2) is 23.1 Å². The van der Waals surface area contributed by atoms with Gasteiger partial charge in [-0.1, -0.05) is 6.07 Å². The molecule has 9 heteroatoms. The molecule has 0 aliphatic heterocycles. The number of hydrogen-bond donors (Lipinski definition) is 1. The van der Waals surface area contributed by atoms with Gasteiger partial charge in [0.2, 0.25) is 10.0 Å². The molecule has 0 bridgehead atoms. The van der Waals surface area contributed by atoms with Gasteiger partial charge < -0.3 is 0 Å². The van der Waals surface area contributed by atoms with Crippen molar-refractivity contribution in [3.63, 3.8) is 0 Å². The minimum atomic E-state index is -3.66. The summed E-state index contributed by atoms with van der Waals surface area (Å²) in [5, 5.41) is 4.29. The van der Waals surface area contributed by atoms with E-state index in [0.29, 0.717) is 11.0 Å². The number of fused-ring (bicyclic) bond motifs is 1. The van der Waals surface area contributed by atoms with Crippen molar-refractivity contribution in [2.45, 2.75) is 25.3 Å². The maximum Gasteiger partial charge on any atom is 0.243 e. The van der Waals surface area contributed by atoms with E-state index in [2.05, 4.69) is 18.6 Å². The molecule has 2 heterocycles. The van der Waals surface area contributed by atoms with Crippen molar-refractivity contribution in [1.29, 1.82) is 0 Å². The molecule has 3 rings (SSSR count). The first kappa shape index (κ1) is 15.1. The second-order valence-electron chi connectivity index (χ2n) is 4.99. The highest BCUT2D eigenvalue weighted by Gasteiger charge is 2.20. The lowest BCUT2D eigenvalue weighted by Crippen LogP contribution is -2.24. The molecule has 0 saturated carbocycles. The first-order valence-electron chi connectivity index (χ1n) is 6.60. The third-order valence-electron chi connectivity index (χ3n) is 3.64. The highest BCUT2D eigenvalue weighted by atomic mass is 32.2. The van der Waals surface area contributed by atoms with E-state index in [0.717, 1.165) is 28.7 Å². The number of nitrogens with one attached hydrogen (secondary N) is 1. The summed E-state index contributed by atoms with van der Waals surface area (Å²) in [6.45, 7) is 3.97. The van der Waals surface area contributed by atoms with Gasteiger partial charge in [-0.15, -0.1) is 0 Å². The molecule has 1 aromatic carbocycles. The molecular weight excluding hydrogens is 322 g/mol. The highest BCUT2D eigenvalue weighted by Crippen LogP contribution is 2.21. The monoisotopic (exact) mass is 337 g/mol. The maximum atomic E-state index is 12.5. The Kier molecular flexibility index (Phi) is 3.71. The van der Waals surface area contributed by atoms with Crippen LogP contribution in [0.3, 0.4) is 0 Å². The normalized spacial score (nSPS) is 12.1. The third-order valence-corrected chi connectivity index (χ3v) is 5.61. The number of aromatic nitrogens is 4. The minimum absolute atomic E-state index is 0.151. The van der Waals surface area contributed by atoms with Crippen molar-refractivity contribution in [2.24, 2.45) is 7.05 Å². The fraction of sp³-hybridized carbons (Fsp3) is 0.308. The van der Waals surface area contributed by atoms with Crippen LogP contribution in [0.1, 0.15) is 17.0 Å². The quantitative estimate of drug-likeness (QED) is 0.779.